The van der Waals surface area contributed by atoms with Crippen molar-refractivity contribution in [2.24, 2.45) is 15.3 Å². The summed E-state index contributed by atoms with van der Waals surface area (Å²) < 4.78 is 0. The van der Waals surface area contributed by atoms with Crippen LogP contribution < -0.4 is 5.43 Å². The maximum Gasteiger partial charge on any atom is 0.260 e. The van der Waals surface area contributed by atoms with Gasteiger partial charge in [0.15, 0.2) is 0 Å². The molecule has 0 radical (unpaired) electrons. The summed E-state index contributed by atoms with van der Waals surface area (Å²) in [5, 5.41) is 20.5. The van der Waals surface area contributed by atoms with Crippen LogP contribution in [-0.2, 0) is 4.79 Å². The van der Waals surface area contributed by atoms with E-state index in [2.05, 4.69) is 36.7 Å². The number of hydrazone groups is 1. The van der Waals surface area contributed by atoms with Gasteiger partial charge in [-0.15, -0.1) is 0 Å². The summed E-state index contributed by atoms with van der Waals surface area (Å²) in [6.45, 7) is 0. The molecule has 1 atom stereocenters. The number of carbonyl (C=O) groups excluding carboxylic acids is 1. The third-order valence-electron chi connectivity index (χ3n) is 2.13. The van der Waals surface area contributed by atoms with E-state index >= 15 is 0 Å². The Morgan fingerprint density at radius 2 is 2.11 bits per heavy atom. The van der Waals surface area contributed by atoms with Crippen LogP contribution in [0, 0.1) is 0 Å². The molecule has 18 heavy (non-hydrogen) atoms. The number of rotatable bonds is 2. The van der Waals surface area contributed by atoms with Crippen LogP contribution >= 0.6 is 15.9 Å². The molecule has 1 aliphatic heterocycles. The second-order valence-corrected chi connectivity index (χ2v) is 4.37. The highest BCUT2D eigenvalue weighted by molar-refractivity contribution is 9.10. The fourth-order valence-electron chi connectivity index (χ4n) is 1.22. The first-order chi connectivity index (χ1) is 8.66. The highest BCUT2D eigenvalue weighted by Crippen LogP contribution is 2.08. The van der Waals surface area contributed by atoms with E-state index in [4.69, 9.17) is 5.11 Å². The quantitative estimate of drug-likeness (QED) is 0.486. The first-order valence-electron chi connectivity index (χ1n) is 5.04. The predicted molar refractivity (Wildman–Crippen MR) is 72.5 cm³/mol. The minimum Gasteiger partial charge on any atom is -0.508 e. The van der Waals surface area contributed by atoms with Crippen molar-refractivity contribution < 1.29 is 9.90 Å². The van der Waals surface area contributed by atoms with Crippen LogP contribution in [0.4, 0.5) is 0 Å². The van der Waals surface area contributed by atoms with E-state index in [-0.39, 0.29) is 11.7 Å². The Morgan fingerprint density at radius 3 is 2.83 bits per heavy atom. The smallest absolute Gasteiger partial charge is 0.260 e. The molecular weight excluding hydrogens is 300 g/mol. The zero-order chi connectivity index (χ0) is 13.0. The summed E-state index contributed by atoms with van der Waals surface area (Å²) in [6, 6.07) is 6.51. The molecule has 0 saturated carbocycles. The number of halogens is 1. The van der Waals surface area contributed by atoms with Gasteiger partial charge in [-0.05, 0) is 29.8 Å². The van der Waals surface area contributed by atoms with E-state index in [1.54, 1.807) is 24.3 Å². The normalized spacial score (nSPS) is 21.5. The van der Waals surface area contributed by atoms with Crippen molar-refractivity contribution in [1.29, 1.82) is 0 Å². The van der Waals surface area contributed by atoms with Crippen LogP contribution in [-0.4, -0.2) is 34.0 Å². The molecule has 6 nitrogen and oxygen atoms in total. The first-order valence-corrected chi connectivity index (χ1v) is 5.95. The van der Waals surface area contributed by atoms with E-state index in [0.717, 1.165) is 5.56 Å². The lowest BCUT2D eigenvalue weighted by Crippen LogP contribution is -2.38. The van der Waals surface area contributed by atoms with Gasteiger partial charge in [-0.2, -0.15) is 15.3 Å². The standard InChI is InChI=1S/C11H9BrN4O2/c12-10-9(6-14-16-11(10)18)15-13-5-7-1-3-8(17)4-2-7/h1-6,10,17H,(H,16,18)/b13-5-,15-9-. The van der Waals surface area contributed by atoms with Crippen LogP contribution in [0.15, 0.2) is 39.6 Å². The summed E-state index contributed by atoms with van der Waals surface area (Å²) in [7, 11) is 0. The predicted octanol–water partition coefficient (Wildman–Crippen LogP) is 1.05. The summed E-state index contributed by atoms with van der Waals surface area (Å²) >= 11 is 3.18. The molecule has 0 bridgehead atoms. The van der Waals surface area contributed by atoms with Gasteiger partial charge < -0.3 is 5.11 Å². The maximum atomic E-state index is 11.2. The third kappa shape index (κ3) is 3.01. The average molecular weight is 309 g/mol. The largest absolute Gasteiger partial charge is 0.508 e. The van der Waals surface area contributed by atoms with E-state index in [1.165, 1.54) is 12.4 Å². The molecule has 2 rings (SSSR count). The molecule has 0 saturated heterocycles. The van der Waals surface area contributed by atoms with Crippen molar-refractivity contribution in [1.82, 2.24) is 5.43 Å². The van der Waals surface area contributed by atoms with Crippen molar-refractivity contribution >= 4 is 40.0 Å². The van der Waals surface area contributed by atoms with Crippen LogP contribution in [0.25, 0.3) is 0 Å². The molecule has 1 aromatic carbocycles. The Labute approximate surface area is 111 Å². The number of alkyl halides is 1. The average Bonchev–Trinajstić information content (AvgIpc) is 2.37. The number of nitrogens with zero attached hydrogens (tertiary/aromatic N) is 3. The van der Waals surface area contributed by atoms with Crippen molar-refractivity contribution in [3.05, 3.63) is 29.8 Å². The van der Waals surface area contributed by atoms with Crippen LogP contribution in [0.3, 0.4) is 0 Å². The molecule has 1 unspecified atom stereocenters. The topological polar surface area (TPSA) is 86.4 Å². The Morgan fingerprint density at radius 1 is 1.39 bits per heavy atom. The van der Waals surface area contributed by atoms with E-state index in [1.807, 2.05) is 0 Å². The SMILES string of the molecule is O=C1NN=C/C(=N/N=C\c2ccc(O)cc2)C1Br. The van der Waals surface area contributed by atoms with Gasteiger partial charge in [0.2, 0.25) is 0 Å². The molecule has 2 N–H and O–H groups in total. The lowest BCUT2D eigenvalue weighted by Gasteiger charge is -2.10. The minimum atomic E-state index is -0.549. The van der Waals surface area contributed by atoms with Gasteiger partial charge in [-0.25, -0.2) is 5.43 Å². The van der Waals surface area contributed by atoms with Gasteiger partial charge in [-0.3, -0.25) is 4.79 Å². The number of amides is 1. The number of aromatic hydroxyl groups is 1. The van der Waals surface area contributed by atoms with Crippen molar-refractivity contribution in [2.45, 2.75) is 4.83 Å². The summed E-state index contributed by atoms with van der Waals surface area (Å²) in [5.74, 6) is -0.0915. The molecule has 1 aliphatic rings. The third-order valence-corrected chi connectivity index (χ3v) is 3.02. The van der Waals surface area contributed by atoms with E-state index in [0.29, 0.717) is 5.71 Å². The second kappa shape index (κ2) is 5.54. The number of phenolic OH excluding ortho intramolecular Hbond substituents is 1. The number of nitrogens with one attached hydrogen (secondary N) is 1. The van der Waals surface area contributed by atoms with Crippen LogP contribution in [0.2, 0.25) is 0 Å². The van der Waals surface area contributed by atoms with Gasteiger partial charge in [-0.1, -0.05) is 15.9 Å². The molecule has 92 valence electrons. The van der Waals surface area contributed by atoms with Crippen molar-refractivity contribution in [2.75, 3.05) is 0 Å². The summed E-state index contributed by atoms with van der Waals surface area (Å²) in [4.78, 5) is 10.7. The van der Waals surface area contributed by atoms with Crippen LogP contribution in [0.5, 0.6) is 5.75 Å². The molecule has 7 heteroatoms. The van der Waals surface area contributed by atoms with Gasteiger partial charge in [0.05, 0.1) is 12.4 Å². The number of hydrogen-bond acceptors (Lipinski definition) is 5. The molecule has 1 amide bonds. The van der Waals surface area contributed by atoms with Gasteiger partial charge in [0.25, 0.3) is 5.91 Å². The molecule has 0 fully saturated rings. The highest BCUT2D eigenvalue weighted by Gasteiger charge is 2.23. The molecular formula is C11H9BrN4O2. The van der Waals surface area contributed by atoms with Crippen molar-refractivity contribution in [3.8, 4) is 5.75 Å². The zero-order valence-corrected chi connectivity index (χ0v) is 10.7. The van der Waals surface area contributed by atoms with Crippen LogP contribution in [0.1, 0.15) is 5.56 Å². The Hall–Kier alpha value is -2.02. The number of hydrogen-bond donors (Lipinski definition) is 2. The molecule has 0 aliphatic carbocycles. The number of benzene rings is 1. The summed E-state index contributed by atoms with van der Waals surface area (Å²) in [5.41, 5.74) is 3.52. The lowest BCUT2D eigenvalue weighted by molar-refractivity contribution is -0.119. The van der Waals surface area contributed by atoms with Gasteiger partial charge >= 0.3 is 0 Å². The molecule has 0 aromatic heterocycles. The van der Waals surface area contributed by atoms with Gasteiger partial charge in [0.1, 0.15) is 16.3 Å². The number of carbonyl (C=O) groups is 1. The summed E-state index contributed by atoms with van der Waals surface area (Å²) in [6.07, 6.45) is 2.95. The van der Waals surface area contributed by atoms with Crippen molar-refractivity contribution in [3.63, 3.8) is 0 Å². The molecule has 0 spiro atoms. The molecule has 1 aromatic rings. The highest BCUT2D eigenvalue weighted by atomic mass is 79.9. The Bertz CT molecular complexity index is 536. The van der Waals surface area contributed by atoms with E-state index in [9.17, 15) is 4.79 Å². The monoisotopic (exact) mass is 308 g/mol. The second-order valence-electron chi connectivity index (χ2n) is 3.46. The first kappa shape index (κ1) is 12.4. The Kier molecular flexibility index (Phi) is 3.83. The Balaban J connectivity index is 2.10. The molecule has 1 heterocycles. The lowest BCUT2D eigenvalue weighted by atomic mass is 10.2. The minimum absolute atomic E-state index is 0.190. The zero-order valence-electron chi connectivity index (χ0n) is 9.12. The van der Waals surface area contributed by atoms with Gasteiger partial charge in [0, 0.05) is 0 Å². The fraction of sp³-hybridized carbons (Fsp3) is 0.0909. The fourth-order valence-corrected chi connectivity index (χ4v) is 1.53. The number of phenols is 1. The maximum absolute atomic E-state index is 11.2. The van der Waals surface area contributed by atoms with E-state index < -0.39 is 4.83 Å².